The number of rotatable bonds is 7. The Hall–Kier alpha value is -2.74. The van der Waals surface area contributed by atoms with Gasteiger partial charge in [-0.3, -0.25) is 19.2 Å². The Morgan fingerprint density at radius 2 is 1.92 bits per heavy atom. The largest absolute Gasteiger partial charge is 0.481 e. The molecule has 138 valence electrons. The van der Waals surface area contributed by atoms with Crippen molar-refractivity contribution in [3.8, 4) is 0 Å². The van der Waals surface area contributed by atoms with E-state index in [-0.39, 0.29) is 18.2 Å². The zero-order chi connectivity index (χ0) is 18.7. The maximum atomic E-state index is 13.1. The second kappa shape index (κ2) is 7.65. The number of carboxylic acid groups (broad SMARTS) is 2. The van der Waals surface area contributed by atoms with Crippen molar-refractivity contribution in [2.45, 2.75) is 25.4 Å². The maximum absolute atomic E-state index is 13.1. The molecule has 1 aromatic carbocycles. The van der Waals surface area contributed by atoms with Gasteiger partial charge in [-0.05, 0) is 17.7 Å². The number of nitrogens with zero attached hydrogens (tertiary/aromatic N) is 3. The number of hydrogen-bond donors (Lipinski definition) is 2. The van der Waals surface area contributed by atoms with Gasteiger partial charge >= 0.3 is 11.9 Å². The van der Waals surface area contributed by atoms with Crippen LogP contribution in [-0.2, 0) is 22.7 Å². The van der Waals surface area contributed by atoms with Crippen LogP contribution >= 0.6 is 0 Å². The zero-order valence-corrected chi connectivity index (χ0v) is 14.1. The normalized spacial score (nSPS) is 20.3. The van der Waals surface area contributed by atoms with Gasteiger partial charge in [0.1, 0.15) is 5.82 Å². The van der Waals surface area contributed by atoms with E-state index < -0.39 is 17.9 Å². The molecule has 0 amide bonds. The second-order valence-corrected chi connectivity index (χ2v) is 6.55. The number of likely N-dealkylation sites (tertiary alicyclic amines) is 1. The van der Waals surface area contributed by atoms with Crippen LogP contribution in [0.2, 0.25) is 0 Å². The first-order chi connectivity index (χ1) is 12.4. The fraction of sp³-hybridized carbons (Fsp3) is 0.389. The van der Waals surface area contributed by atoms with E-state index in [1.54, 1.807) is 29.2 Å². The third kappa shape index (κ3) is 4.26. The van der Waals surface area contributed by atoms with Crippen LogP contribution in [0.1, 0.15) is 23.5 Å². The van der Waals surface area contributed by atoms with Crippen LogP contribution in [0.25, 0.3) is 0 Å². The molecule has 1 saturated heterocycles. The highest BCUT2D eigenvalue weighted by atomic mass is 19.1. The number of halogens is 1. The lowest BCUT2D eigenvalue weighted by molar-refractivity contribution is -0.141. The van der Waals surface area contributed by atoms with Crippen molar-refractivity contribution >= 4 is 11.9 Å². The second-order valence-electron chi connectivity index (χ2n) is 6.55. The Balaban J connectivity index is 1.67. The molecule has 0 bridgehead atoms. The van der Waals surface area contributed by atoms with Gasteiger partial charge in [-0.15, -0.1) is 0 Å². The van der Waals surface area contributed by atoms with Crippen molar-refractivity contribution in [2.75, 3.05) is 13.1 Å². The van der Waals surface area contributed by atoms with Gasteiger partial charge in [0, 0.05) is 37.3 Å². The van der Waals surface area contributed by atoms with Crippen molar-refractivity contribution in [3.63, 3.8) is 0 Å². The van der Waals surface area contributed by atoms with Gasteiger partial charge in [0.25, 0.3) is 0 Å². The third-order valence-corrected chi connectivity index (χ3v) is 4.66. The number of benzene rings is 1. The third-order valence-electron chi connectivity index (χ3n) is 4.66. The van der Waals surface area contributed by atoms with Gasteiger partial charge in [0.2, 0.25) is 0 Å². The van der Waals surface area contributed by atoms with Crippen LogP contribution in [0.15, 0.2) is 36.7 Å². The molecular weight excluding hydrogens is 341 g/mol. The Kier molecular flexibility index (Phi) is 5.32. The fourth-order valence-corrected chi connectivity index (χ4v) is 3.39. The molecule has 1 aromatic heterocycles. The van der Waals surface area contributed by atoms with E-state index in [1.807, 2.05) is 4.90 Å². The molecule has 1 fully saturated rings. The number of aryl methyl sites for hydroxylation is 1. The molecule has 2 aromatic rings. The summed E-state index contributed by atoms with van der Waals surface area (Å²) in [7, 11) is 0. The van der Waals surface area contributed by atoms with Crippen LogP contribution in [0.5, 0.6) is 0 Å². The number of aromatic nitrogens is 2. The van der Waals surface area contributed by atoms with Gasteiger partial charge in [0.15, 0.2) is 0 Å². The Bertz CT molecular complexity index is 790. The molecular formula is C18H20FN3O4. The fourth-order valence-electron chi connectivity index (χ4n) is 3.39. The average molecular weight is 361 g/mol. The predicted octanol–water partition coefficient (Wildman–Crippen LogP) is 1.80. The van der Waals surface area contributed by atoms with E-state index in [1.165, 1.54) is 12.1 Å². The topological polar surface area (TPSA) is 95.7 Å². The van der Waals surface area contributed by atoms with Crippen LogP contribution in [0.3, 0.4) is 0 Å². The molecule has 1 aliphatic rings. The van der Waals surface area contributed by atoms with Crippen molar-refractivity contribution in [1.29, 1.82) is 0 Å². The van der Waals surface area contributed by atoms with E-state index in [9.17, 15) is 19.1 Å². The monoisotopic (exact) mass is 361 g/mol. The molecule has 3 rings (SSSR count). The molecule has 2 N–H and O–H groups in total. The van der Waals surface area contributed by atoms with Gasteiger partial charge < -0.3 is 10.2 Å². The minimum atomic E-state index is -0.881. The molecule has 26 heavy (non-hydrogen) atoms. The highest BCUT2D eigenvalue weighted by molar-refractivity contribution is 5.72. The lowest BCUT2D eigenvalue weighted by atomic mass is 9.89. The molecule has 0 radical (unpaired) electrons. The summed E-state index contributed by atoms with van der Waals surface area (Å²) in [4.78, 5) is 24.3. The van der Waals surface area contributed by atoms with E-state index in [2.05, 4.69) is 5.10 Å². The highest BCUT2D eigenvalue weighted by Crippen LogP contribution is 2.33. The number of carboxylic acids is 2. The number of aliphatic carboxylic acids is 2. The predicted molar refractivity (Wildman–Crippen MR) is 90.0 cm³/mol. The Morgan fingerprint density at radius 3 is 2.58 bits per heavy atom. The first-order valence-electron chi connectivity index (χ1n) is 8.36. The standard InChI is InChI=1S/C18H20FN3O4/c19-14-3-1-13(2-4-14)15-10-21(11-16(15)18(25)26)8-12-7-20-22(9-12)6-5-17(23)24/h1-4,7,9,15-16H,5-6,8,10-11H2,(H,23,24)(H,25,26)/t15-,16+/m0/s1. The summed E-state index contributed by atoms with van der Waals surface area (Å²) in [5.74, 6) is -2.84. The Labute approximate surface area is 149 Å². The van der Waals surface area contributed by atoms with E-state index >= 15 is 0 Å². The quantitative estimate of drug-likeness (QED) is 0.781. The molecule has 0 saturated carbocycles. The average Bonchev–Trinajstić information content (AvgIpc) is 3.21. The molecule has 2 atom stereocenters. The van der Waals surface area contributed by atoms with Gasteiger partial charge in [-0.2, -0.15) is 5.10 Å². The Morgan fingerprint density at radius 1 is 1.19 bits per heavy atom. The highest BCUT2D eigenvalue weighted by Gasteiger charge is 2.38. The summed E-state index contributed by atoms with van der Waals surface area (Å²) in [6.45, 7) is 1.79. The van der Waals surface area contributed by atoms with E-state index in [4.69, 9.17) is 5.11 Å². The summed E-state index contributed by atoms with van der Waals surface area (Å²) < 4.78 is 14.7. The van der Waals surface area contributed by atoms with Crippen LogP contribution < -0.4 is 0 Å². The minimum Gasteiger partial charge on any atom is -0.481 e. The molecule has 0 aliphatic carbocycles. The van der Waals surface area contributed by atoms with Crippen molar-refractivity contribution < 1.29 is 24.2 Å². The van der Waals surface area contributed by atoms with Crippen LogP contribution in [0.4, 0.5) is 4.39 Å². The van der Waals surface area contributed by atoms with E-state index in [0.717, 1.165) is 11.1 Å². The summed E-state index contributed by atoms with van der Waals surface area (Å²) in [5, 5.41) is 22.4. The lowest BCUT2D eigenvalue weighted by Gasteiger charge is -2.15. The van der Waals surface area contributed by atoms with Gasteiger partial charge in [-0.25, -0.2) is 4.39 Å². The molecule has 0 unspecified atom stereocenters. The number of carbonyl (C=O) groups is 2. The molecule has 7 nitrogen and oxygen atoms in total. The summed E-state index contributed by atoms with van der Waals surface area (Å²) >= 11 is 0. The minimum absolute atomic E-state index is 0.00143. The van der Waals surface area contributed by atoms with Gasteiger partial charge in [-0.1, -0.05) is 12.1 Å². The zero-order valence-electron chi connectivity index (χ0n) is 14.1. The molecule has 8 heteroatoms. The maximum Gasteiger partial charge on any atom is 0.308 e. The lowest BCUT2D eigenvalue weighted by Crippen LogP contribution is -2.23. The molecule has 2 heterocycles. The molecule has 0 spiro atoms. The van der Waals surface area contributed by atoms with Crippen molar-refractivity contribution in [3.05, 3.63) is 53.6 Å². The summed E-state index contributed by atoms with van der Waals surface area (Å²) in [6.07, 6.45) is 3.45. The SMILES string of the molecule is O=C(O)CCn1cc(CN2C[C@@H](C(=O)O)[C@H](c3ccc(F)cc3)C2)cn1. The first kappa shape index (κ1) is 18.1. The first-order valence-corrected chi connectivity index (χ1v) is 8.36. The summed E-state index contributed by atoms with van der Waals surface area (Å²) in [5.41, 5.74) is 1.72. The smallest absolute Gasteiger partial charge is 0.308 e. The molecule has 1 aliphatic heterocycles. The summed E-state index contributed by atoms with van der Waals surface area (Å²) in [6, 6.07) is 5.99. The number of hydrogen-bond acceptors (Lipinski definition) is 4. The van der Waals surface area contributed by atoms with Crippen molar-refractivity contribution in [1.82, 2.24) is 14.7 Å². The van der Waals surface area contributed by atoms with Crippen molar-refractivity contribution in [2.24, 2.45) is 5.92 Å². The van der Waals surface area contributed by atoms with Crippen LogP contribution in [0, 0.1) is 11.7 Å². The van der Waals surface area contributed by atoms with Gasteiger partial charge in [0.05, 0.1) is 25.1 Å². The van der Waals surface area contributed by atoms with Crippen LogP contribution in [-0.4, -0.2) is 49.9 Å². The van der Waals surface area contributed by atoms with E-state index in [0.29, 0.717) is 26.2 Å².